The third kappa shape index (κ3) is 6.35. The summed E-state index contributed by atoms with van der Waals surface area (Å²) in [6, 6.07) is 10.8. The van der Waals surface area contributed by atoms with Gasteiger partial charge in [0.05, 0.1) is 0 Å². The molecule has 1 unspecified atom stereocenters. The van der Waals surface area contributed by atoms with Crippen molar-refractivity contribution in [2.45, 2.75) is 84.0 Å². The Kier molecular flexibility index (Phi) is 7.15. The molecule has 1 nitrogen and oxygen atoms in total. The van der Waals surface area contributed by atoms with Crippen molar-refractivity contribution in [3.8, 4) is 0 Å². The number of hydrogen-bond acceptors (Lipinski definition) is 1. The van der Waals surface area contributed by atoms with E-state index in [1.165, 1.54) is 24.8 Å². The zero-order valence-corrected chi connectivity index (χ0v) is 15.9. The minimum Gasteiger partial charge on any atom is -0.414 e. The Bertz CT molecular complexity index is 392. The van der Waals surface area contributed by atoms with E-state index in [1.54, 1.807) is 0 Å². The summed E-state index contributed by atoms with van der Waals surface area (Å²) in [6.45, 7) is 14.0. The molecule has 0 heterocycles. The van der Waals surface area contributed by atoms with Gasteiger partial charge in [-0.2, -0.15) is 0 Å². The third-order valence-electron chi connectivity index (χ3n) is 4.74. The molecule has 1 rings (SSSR count). The molecular formula is C19H34OSi. The molecule has 0 amide bonds. The van der Waals surface area contributed by atoms with Crippen molar-refractivity contribution in [3.05, 3.63) is 35.9 Å². The molecule has 0 radical (unpaired) electrons. The van der Waals surface area contributed by atoms with Gasteiger partial charge in [-0.15, -0.1) is 0 Å². The fourth-order valence-corrected chi connectivity index (χ4v) is 3.68. The highest BCUT2D eigenvalue weighted by Gasteiger charge is 2.38. The van der Waals surface area contributed by atoms with Gasteiger partial charge in [-0.1, -0.05) is 70.9 Å². The maximum atomic E-state index is 6.67. The average molecular weight is 307 g/mol. The molecule has 0 fully saturated rings. The van der Waals surface area contributed by atoms with E-state index < -0.39 is 8.32 Å². The van der Waals surface area contributed by atoms with E-state index in [9.17, 15) is 0 Å². The van der Waals surface area contributed by atoms with Crippen LogP contribution in [0.15, 0.2) is 30.3 Å². The SMILES string of the molecule is CCCCC(CCc1ccccc1)O[Si](C)(C)C(C)(C)C. The summed E-state index contributed by atoms with van der Waals surface area (Å²) in [6.07, 6.45) is 6.43. The van der Waals surface area contributed by atoms with Crippen molar-refractivity contribution >= 4 is 8.32 Å². The molecule has 120 valence electrons. The Labute approximate surface area is 133 Å². The lowest BCUT2D eigenvalue weighted by Crippen LogP contribution is -2.44. The average Bonchev–Trinajstić information content (AvgIpc) is 2.41. The Hall–Kier alpha value is -0.603. The van der Waals surface area contributed by atoms with Crippen LogP contribution in [0.4, 0.5) is 0 Å². The number of benzene rings is 1. The number of rotatable bonds is 8. The monoisotopic (exact) mass is 306 g/mol. The Morgan fingerprint density at radius 1 is 1.05 bits per heavy atom. The van der Waals surface area contributed by atoms with Gasteiger partial charge in [0.25, 0.3) is 0 Å². The highest BCUT2D eigenvalue weighted by Crippen LogP contribution is 2.38. The molecule has 0 aliphatic rings. The van der Waals surface area contributed by atoms with Crippen LogP contribution in [0.5, 0.6) is 0 Å². The minimum absolute atomic E-state index is 0.296. The molecule has 1 atom stereocenters. The maximum Gasteiger partial charge on any atom is 0.192 e. The van der Waals surface area contributed by atoms with E-state index in [4.69, 9.17) is 4.43 Å². The zero-order chi connectivity index (χ0) is 15.9. The molecular weight excluding hydrogens is 272 g/mol. The second-order valence-corrected chi connectivity index (χ2v) is 12.4. The van der Waals surface area contributed by atoms with Crippen molar-refractivity contribution < 1.29 is 4.43 Å². The molecule has 2 heteroatoms. The van der Waals surface area contributed by atoms with Gasteiger partial charge >= 0.3 is 0 Å². The molecule has 21 heavy (non-hydrogen) atoms. The standard InChI is InChI=1S/C19H34OSi/c1-7-8-14-18(20-21(5,6)19(2,3)4)16-15-17-12-10-9-11-13-17/h9-13,18H,7-8,14-16H2,1-6H3. The van der Waals surface area contributed by atoms with Crippen LogP contribution >= 0.6 is 0 Å². The van der Waals surface area contributed by atoms with E-state index in [0.29, 0.717) is 11.1 Å². The lowest BCUT2D eigenvalue weighted by Gasteiger charge is -2.39. The van der Waals surface area contributed by atoms with Gasteiger partial charge in [0.1, 0.15) is 0 Å². The fraction of sp³-hybridized carbons (Fsp3) is 0.684. The second-order valence-electron chi connectivity index (χ2n) is 7.67. The highest BCUT2D eigenvalue weighted by atomic mass is 28.4. The summed E-state index contributed by atoms with van der Waals surface area (Å²) in [5.74, 6) is 0. The summed E-state index contributed by atoms with van der Waals surface area (Å²) in [5.41, 5.74) is 1.43. The van der Waals surface area contributed by atoms with Crippen molar-refractivity contribution in [2.75, 3.05) is 0 Å². The number of aryl methyl sites for hydroxylation is 1. The minimum atomic E-state index is -1.66. The molecule has 0 N–H and O–H groups in total. The van der Waals surface area contributed by atoms with Gasteiger partial charge in [0.2, 0.25) is 0 Å². The van der Waals surface area contributed by atoms with Crippen molar-refractivity contribution in [3.63, 3.8) is 0 Å². The van der Waals surface area contributed by atoms with Crippen molar-refractivity contribution in [1.29, 1.82) is 0 Å². The molecule has 0 aliphatic heterocycles. The topological polar surface area (TPSA) is 9.23 Å². The molecule has 0 aromatic heterocycles. The van der Waals surface area contributed by atoms with Gasteiger partial charge in [-0.25, -0.2) is 0 Å². The largest absolute Gasteiger partial charge is 0.414 e. The van der Waals surface area contributed by atoms with Gasteiger partial charge in [0, 0.05) is 6.10 Å². The molecule has 0 saturated carbocycles. The molecule has 0 aliphatic carbocycles. The summed E-state index contributed by atoms with van der Waals surface area (Å²) in [4.78, 5) is 0. The summed E-state index contributed by atoms with van der Waals surface area (Å²) in [7, 11) is -1.66. The summed E-state index contributed by atoms with van der Waals surface area (Å²) >= 11 is 0. The molecule has 0 saturated heterocycles. The first-order valence-corrected chi connectivity index (χ1v) is 11.4. The summed E-state index contributed by atoms with van der Waals surface area (Å²) < 4.78 is 6.67. The van der Waals surface area contributed by atoms with Crippen LogP contribution in [0.3, 0.4) is 0 Å². The second kappa shape index (κ2) is 8.14. The smallest absolute Gasteiger partial charge is 0.192 e. The first kappa shape index (κ1) is 18.4. The lowest BCUT2D eigenvalue weighted by molar-refractivity contribution is 0.158. The fourth-order valence-electron chi connectivity index (χ4n) is 2.26. The van der Waals surface area contributed by atoms with Gasteiger partial charge < -0.3 is 4.43 Å². The molecule has 0 bridgehead atoms. The Morgan fingerprint density at radius 3 is 2.19 bits per heavy atom. The molecule has 1 aromatic carbocycles. The van der Waals surface area contributed by atoms with E-state index in [2.05, 4.69) is 71.1 Å². The molecule has 0 spiro atoms. The summed E-state index contributed by atoms with van der Waals surface area (Å²) in [5, 5.41) is 0.296. The Balaban J connectivity index is 2.63. The van der Waals surface area contributed by atoms with Crippen molar-refractivity contribution in [1.82, 2.24) is 0 Å². The lowest BCUT2D eigenvalue weighted by atomic mass is 10.0. The first-order chi connectivity index (χ1) is 9.76. The van der Waals surface area contributed by atoms with E-state index in [0.717, 1.165) is 12.8 Å². The predicted octanol–water partition coefficient (Wildman–Crippen LogP) is 6.20. The van der Waals surface area contributed by atoms with Gasteiger partial charge in [-0.3, -0.25) is 0 Å². The van der Waals surface area contributed by atoms with Crippen LogP contribution in [0.1, 0.15) is 58.9 Å². The van der Waals surface area contributed by atoms with Crippen molar-refractivity contribution in [2.24, 2.45) is 0 Å². The van der Waals surface area contributed by atoms with E-state index >= 15 is 0 Å². The Morgan fingerprint density at radius 2 is 1.67 bits per heavy atom. The van der Waals surface area contributed by atoms with E-state index in [-0.39, 0.29) is 0 Å². The van der Waals surface area contributed by atoms with E-state index in [1.807, 2.05) is 0 Å². The highest BCUT2D eigenvalue weighted by molar-refractivity contribution is 6.74. The number of hydrogen-bond donors (Lipinski definition) is 0. The van der Waals surface area contributed by atoms with Gasteiger partial charge in [-0.05, 0) is 43.0 Å². The van der Waals surface area contributed by atoms with Crippen LogP contribution in [0.2, 0.25) is 18.1 Å². The predicted molar refractivity (Wildman–Crippen MR) is 96.4 cm³/mol. The van der Waals surface area contributed by atoms with Crippen LogP contribution in [0, 0.1) is 0 Å². The first-order valence-electron chi connectivity index (χ1n) is 8.48. The zero-order valence-electron chi connectivity index (χ0n) is 14.9. The maximum absolute atomic E-state index is 6.67. The van der Waals surface area contributed by atoms with Crippen LogP contribution in [-0.4, -0.2) is 14.4 Å². The van der Waals surface area contributed by atoms with Gasteiger partial charge in [0.15, 0.2) is 8.32 Å². The normalized spacial score (nSPS) is 14.2. The third-order valence-corrected chi connectivity index (χ3v) is 9.28. The number of unbranched alkanes of at least 4 members (excludes halogenated alkanes) is 1. The van der Waals surface area contributed by atoms with Crippen LogP contribution < -0.4 is 0 Å². The van der Waals surface area contributed by atoms with Crippen LogP contribution in [-0.2, 0) is 10.8 Å². The molecule has 1 aromatic rings. The van der Waals surface area contributed by atoms with Crippen LogP contribution in [0.25, 0.3) is 0 Å². The quantitative estimate of drug-likeness (QED) is 0.519.